The third kappa shape index (κ3) is 5.53. The molecule has 0 aliphatic carbocycles. The highest BCUT2D eigenvalue weighted by molar-refractivity contribution is 14.0. The number of nitrogens with zero attached hydrogens (tertiary/aromatic N) is 6. The molecule has 0 amide bonds. The number of aliphatic imine (C=N–C) groups is 1. The molecule has 0 radical (unpaired) electrons. The fourth-order valence-corrected chi connectivity index (χ4v) is 4.56. The number of benzene rings is 1. The fraction of sp³-hybridized carbons (Fsp3) is 0.375. The van der Waals surface area contributed by atoms with Gasteiger partial charge < -0.3 is 15.0 Å². The Morgan fingerprint density at radius 2 is 2.00 bits per heavy atom. The van der Waals surface area contributed by atoms with Crippen LogP contribution in [0.2, 0.25) is 0 Å². The maximum Gasteiger partial charge on any atom is 0.194 e. The standard InChI is InChI=1S/C24H29N7O.HI/c1-25-24(27-15-20-8-10-26-23(14-20)31-11-5-9-28-31)30-17-21-22(18-30)32-13-12-29(21)16-19-6-3-2-4-7-19;/h2-11,14,21-22H,12-13,15-18H2,1H3,(H,25,27);1H. The molecule has 4 heterocycles. The van der Waals surface area contributed by atoms with E-state index >= 15 is 0 Å². The van der Waals surface area contributed by atoms with E-state index < -0.39 is 0 Å². The summed E-state index contributed by atoms with van der Waals surface area (Å²) in [6, 6.07) is 17.0. The molecule has 2 unspecified atom stereocenters. The second-order valence-electron chi connectivity index (χ2n) is 8.21. The van der Waals surface area contributed by atoms with E-state index in [1.165, 1.54) is 5.56 Å². The van der Waals surface area contributed by atoms with Gasteiger partial charge in [-0.25, -0.2) is 9.67 Å². The molecule has 9 heteroatoms. The van der Waals surface area contributed by atoms with Gasteiger partial charge in [-0.2, -0.15) is 5.10 Å². The van der Waals surface area contributed by atoms with Crippen molar-refractivity contribution in [2.75, 3.05) is 33.3 Å². The summed E-state index contributed by atoms with van der Waals surface area (Å²) >= 11 is 0. The number of halogens is 1. The second-order valence-corrected chi connectivity index (χ2v) is 8.21. The van der Waals surface area contributed by atoms with E-state index in [1.54, 1.807) is 10.9 Å². The van der Waals surface area contributed by atoms with E-state index in [2.05, 4.69) is 60.5 Å². The number of rotatable bonds is 5. The highest BCUT2D eigenvalue weighted by Crippen LogP contribution is 2.24. The minimum Gasteiger partial charge on any atom is -0.373 e. The number of nitrogens with one attached hydrogen (secondary N) is 1. The van der Waals surface area contributed by atoms with Crippen LogP contribution < -0.4 is 5.32 Å². The fourth-order valence-electron chi connectivity index (χ4n) is 4.56. The molecule has 2 saturated heterocycles. The van der Waals surface area contributed by atoms with Gasteiger partial charge in [0.15, 0.2) is 11.8 Å². The molecule has 2 fully saturated rings. The largest absolute Gasteiger partial charge is 0.373 e. The van der Waals surface area contributed by atoms with Gasteiger partial charge in [-0.1, -0.05) is 30.3 Å². The first-order valence-electron chi connectivity index (χ1n) is 11.1. The first-order chi connectivity index (χ1) is 15.8. The van der Waals surface area contributed by atoms with Crippen LogP contribution in [0.25, 0.3) is 5.82 Å². The van der Waals surface area contributed by atoms with Crippen molar-refractivity contribution in [2.45, 2.75) is 25.2 Å². The van der Waals surface area contributed by atoms with Crippen molar-refractivity contribution in [3.63, 3.8) is 0 Å². The van der Waals surface area contributed by atoms with Crippen molar-refractivity contribution < 1.29 is 4.74 Å². The highest BCUT2D eigenvalue weighted by atomic mass is 127. The van der Waals surface area contributed by atoms with Crippen LogP contribution in [0.1, 0.15) is 11.1 Å². The smallest absolute Gasteiger partial charge is 0.194 e. The molecule has 1 aromatic carbocycles. The van der Waals surface area contributed by atoms with Crippen LogP contribution in [0.15, 0.2) is 72.1 Å². The van der Waals surface area contributed by atoms with E-state index in [9.17, 15) is 0 Å². The van der Waals surface area contributed by atoms with E-state index in [1.807, 2.05) is 37.6 Å². The van der Waals surface area contributed by atoms with Crippen LogP contribution >= 0.6 is 24.0 Å². The maximum absolute atomic E-state index is 6.13. The molecular formula is C24H30IN7O. The number of guanidine groups is 1. The number of morpholine rings is 1. The van der Waals surface area contributed by atoms with Gasteiger partial charge in [0.05, 0.1) is 18.8 Å². The summed E-state index contributed by atoms with van der Waals surface area (Å²) in [6.07, 6.45) is 5.67. The molecule has 174 valence electrons. The zero-order valence-electron chi connectivity index (χ0n) is 18.7. The molecule has 33 heavy (non-hydrogen) atoms. The molecule has 2 atom stereocenters. The first-order valence-corrected chi connectivity index (χ1v) is 11.1. The molecule has 2 aromatic heterocycles. The van der Waals surface area contributed by atoms with Crippen molar-refractivity contribution in [1.29, 1.82) is 0 Å². The van der Waals surface area contributed by atoms with Crippen LogP contribution in [-0.2, 0) is 17.8 Å². The summed E-state index contributed by atoms with van der Waals surface area (Å²) < 4.78 is 7.90. The number of hydrogen-bond donors (Lipinski definition) is 1. The lowest BCUT2D eigenvalue weighted by atomic mass is 10.1. The van der Waals surface area contributed by atoms with Crippen molar-refractivity contribution >= 4 is 29.9 Å². The van der Waals surface area contributed by atoms with Crippen molar-refractivity contribution in [3.8, 4) is 5.82 Å². The van der Waals surface area contributed by atoms with Gasteiger partial charge in [0.1, 0.15) is 0 Å². The Hall–Kier alpha value is -2.50. The molecule has 3 aromatic rings. The number of aromatic nitrogens is 3. The minimum absolute atomic E-state index is 0. The van der Waals surface area contributed by atoms with Gasteiger partial charge in [0, 0.05) is 58.4 Å². The summed E-state index contributed by atoms with van der Waals surface area (Å²) in [5.74, 6) is 1.71. The van der Waals surface area contributed by atoms with E-state index in [0.29, 0.717) is 12.6 Å². The van der Waals surface area contributed by atoms with E-state index in [-0.39, 0.29) is 30.1 Å². The first kappa shape index (κ1) is 23.7. The lowest BCUT2D eigenvalue weighted by molar-refractivity contribution is -0.0502. The third-order valence-electron chi connectivity index (χ3n) is 6.16. The van der Waals surface area contributed by atoms with Crippen LogP contribution in [0.3, 0.4) is 0 Å². The van der Waals surface area contributed by atoms with E-state index in [0.717, 1.165) is 50.1 Å². The topological polar surface area (TPSA) is 70.8 Å². The highest BCUT2D eigenvalue weighted by Gasteiger charge is 2.41. The summed E-state index contributed by atoms with van der Waals surface area (Å²) in [5.41, 5.74) is 2.48. The van der Waals surface area contributed by atoms with Gasteiger partial charge in [0.2, 0.25) is 0 Å². The van der Waals surface area contributed by atoms with Crippen LogP contribution in [0, 0.1) is 0 Å². The molecule has 0 bridgehead atoms. The predicted octanol–water partition coefficient (Wildman–Crippen LogP) is 2.55. The van der Waals surface area contributed by atoms with Crippen molar-refractivity contribution in [1.82, 2.24) is 29.9 Å². The molecule has 0 spiro atoms. The average Bonchev–Trinajstić information content (AvgIpc) is 3.51. The second kappa shape index (κ2) is 11.1. The molecule has 0 saturated carbocycles. The molecule has 2 aliphatic heterocycles. The number of hydrogen-bond acceptors (Lipinski definition) is 5. The van der Waals surface area contributed by atoms with Crippen LogP contribution in [0.4, 0.5) is 0 Å². The monoisotopic (exact) mass is 559 g/mol. The quantitative estimate of drug-likeness (QED) is 0.295. The number of fused-ring (bicyclic) bond motifs is 1. The Morgan fingerprint density at radius 3 is 2.79 bits per heavy atom. The Labute approximate surface area is 211 Å². The number of likely N-dealkylation sites (tertiary alicyclic amines) is 1. The minimum atomic E-state index is 0. The van der Waals surface area contributed by atoms with Gasteiger partial charge >= 0.3 is 0 Å². The zero-order valence-corrected chi connectivity index (χ0v) is 21.1. The van der Waals surface area contributed by atoms with Gasteiger partial charge in [-0.05, 0) is 29.3 Å². The number of pyridine rings is 1. The summed E-state index contributed by atoms with van der Waals surface area (Å²) in [7, 11) is 1.84. The Morgan fingerprint density at radius 1 is 1.12 bits per heavy atom. The zero-order chi connectivity index (χ0) is 21.8. The molecule has 5 rings (SSSR count). The third-order valence-corrected chi connectivity index (χ3v) is 6.16. The molecule has 8 nitrogen and oxygen atoms in total. The lowest BCUT2D eigenvalue weighted by Crippen LogP contribution is -2.50. The van der Waals surface area contributed by atoms with E-state index in [4.69, 9.17) is 4.74 Å². The Kier molecular flexibility index (Phi) is 7.94. The molecular weight excluding hydrogens is 529 g/mol. The molecule has 2 aliphatic rings. The lowest BCUT2D eigenvalue weighted by Gasteiger charge is -2.36. The predicted molar refractivity (Wildman–Crippen MR) is 139 cm³/mol. The summed E-state index contributed by atoms with van der Waals surface area (Å²) in [4.78, 5) is 13.8. The SMILES string of the molecule is CN=C(NCc1ccnc(-n2cccn2)c1)N1CC2OCCN(Cc3ccccc3)C2C1.I. The maximum atomic E-state index is 6.13. The van der Waals surface area contributed by atoms with Crippen molar-refractivity contribution in [3.05, 3.63) is 78.2 Å². The average molecular weight is 559 g/mol. The van der Waals surface area contributed by atoms with Crippen LogP contribution in [0.5, 0.6) is 0 Å². The summed E-state index contributed by atoms with van der Waals surface area (Å²) in [6.45, 7) is 5.13. The molecule has 1 N–H and O–H groups in total. The Bertz CT molecular complexity index is 1040. The van der Waals surface area contributed by atoms with Gasteiger partial charge in [-0.3, -0.25) is 9.89 Å². The van der Waals surface area contributed by atoms with Gasteiger partial charge in [0.25, 0.3) is 0 Å². The summed E-state index contributed by atoms with van der Waals surface area (Å²) in [5, 5.41) is 7.78. The van der Waals surface area contributed by atoms with Gasteiger partial charge in [-0.15, -0.1) is 24.0 Å². The number of ether oxygens (including phenoxy) is 1. The Balaban J connectivity index is 0.00000259. The normalized spacial score (nSPS) is 20.9. The van der Waals surface area contributed by atoms with Crippen molar-refractivity contribution in [2.24, 2.45) is 4.99 Å². The van der Waals surface area contributed by atoms with Crippen LogP contribution in [-0.4, -0.2) is 76.0 Å².